The fourth-order valence-electron chi connectivity index (χ4n) is 1.20. The van der Waals surface area contributed by atoms with Gasteiger partial charge in [-0.1, -0.05) is 0 Å². The lowest BCUT2D eigenvalue weighted by Gasteiger charge is -2.08. The molecule has 0 radical (unpaired) electrons. The molecule has 15 heavy (non-hydrogen) atoms. The van der Waals surface area contributed by atoms with Gasteiger partial charge in [-0.2, -0.15) is 0 Å². The Hall–Kier alpha value is -1.14. The predicted octanol–water partition coefficient (Wildman–Crippen LogP) is -0.995. The third-order valence-electron chi connectivity index (χ3n) is 2.50. The van der Waals surface area contributed by atoms with Crippen LogP contribution in [-0.2, 0) is 9.59 Å². The molecule has 6 heteroatoms. The van der Waals surface area contributed by atoms with Crippen molar-refractivity contribution in [3.05, 3.63) is 0 Å². The Labute approximate surface area is 88.1 Å². The van der Waals surface area contributed by atoms with Crippen molar-refractivity contribution in [2.24, 2.45) is 11.8 Å². The molecule has 2 rings (SSSR count). The van der Waals surface area contributed by atoms with Crippen molar-refractivity contribution < 1.29 is 9.59 Å². The molecule has 2 fully saturated rings. The van der Waals surface area contributed by atoms with Crippen LogP contribution in [0.15, 0.2) is 0 Å². The van der Waals surface area contributed by atoms with E-state index in [9.17, 15) is 9.59 Å². The first kappa shape index (κ1) is 10.4. The molecule has 0 saturated heterocycles. The van der Waals surface area contributed by atoms with Crippen molar-refractivity contribution in [3.8, 4) is 0 Å². The SMILES string of the molecule is O=C(NNCNNC(=O)C1CC1)C1CC1. The highest BCUT2D eigenvalue weighted by molar-refractivity contribution is 5.80. The normalized spacial score (nSPS) is 19.7. The monoisotopic (exact) mass is 212 g/mol. The number of amides is 2. The number of nitrogens with one attached hydrogen (secondary N) is 4. The van der Waals surface area contributed by atoms with Crippen LogP contribution in [0.5, 0.6) is 0 Å². The van der Waals surface area contributed by atoms with Gasteiger partial charge >= 0.3 is 0 Å². The Balaban J connectivity index is 1.44. The van der Waals surface area contributed by atoms with E-state index < -0.39 is 0 Å². The molecule has 4 N–H and O–H groups in total. The summed E-state index contributed by atoms with van der Waals surface area (Å²) in [6.45, 7) is 0.330. The van der Waals surface area contributed by atoms with E-state index in [1.165, 1.54) is 0 Å². The minimum absolute atomic E-state index is 0.0327. The van der Waals surface area contributed by atoms with Crippen LogP contribution < -0.4 is 21.7 Å². The highest BCUT2D eigenvalue weighted by Gasteiger charge is 2.30. The van der Waals surface area contributed by atoms with Gasteiger partial charge in [-0.25, -0.2) is 10.9 Å². The number of hydrazine groups is 2. The van der Waals surface area contributed by atoms with Crippen molar-refractivity contribution in [2.75, 3.05) is 6.67 Å². The van der Waals surface area contributed by atoms with Gasteiger partial charge in [0, 0.05) is 11.8 Å². The van der Waals surface area contributed by atoms with Crippen LogP contribution in [0, 0.1) is 11.8 Å². The van der Waals surface area contributed by atoms with Crippen LogP contribution in [0.2, 0.25) is 0 Å². The van der Waals surface area contributed by atoms with Gasteiger partial charge < -0.3 is 0 Å². The number of hydrogen-bond donors (Lipinski definition) is 4. The molecule has 2 aliphatic carbocycles. The molecule has 2 amide bonds. The molecule has 0 unspecified atom stereocenters. The lowest BCUT2D eigenvalue weighted by molar-refractivity contribution is -0.123. The van der Waals surface area contributed by atoms with Gasteiger partial charge in [0.1, 0.15) is 0 Å². The second kappa shape index (κ2) is 4.59. The molecule has 0 aromatic heterocycles. The van der Waals surface area contributed by atoms with Crippen molar-refractivity contribution in [2.45, 2.75) is 25.7 Å². The second-order valence-corrected chi connectivity index (χ2v) is 4.06. The molecule has 0 heterocycles. The molecule has 0 aliphatic heterocycles. The summed E-state index contributed by atoms with van der Waals surface area (Å²) in [5.41, 5.74) is 10.5. The first-order valence-electron chi connectivity index (χ1n) is 5.33. The lowest BCUT2D eigenvalue weighted by atomic mass is 10.4. The van der Waals surface area contributed by atoms with Gasteiger partial charge in [-0.3, -0.25) is 20.4 Å². The molecular formula is C9H16N4O2. The Morgan fingerprint density at radius 3 is 1.60 bits per heavy atom. The summed E-state index contributed by atoms with van der Waals surface area (Å²) in [5, 5.41) is 0. The minimum Gasteiger partial charge on any atom is -0.290 e. The van der Waals surface area contributed by atoms with E-state index >= 15 is 0 Å². The average molecular weight is 212 g/mol. The Bertz CT molecular complexity index is 235. The molecule has 0 aromatic carbocycles. The molecule has 2 saturated carbocycles. The quantitative estimate of drug-likeness (QED) is 0.259. The predicted molar refractivity (Wildman–Crippen MR) is 52.9 cm³/mol. The van der Waals surface area contributed by atoms with E-state index in [0.717, 1.165) is 25.7 Å². The van der Waals surface area contributed by atoms with Gasteiger partial charge in [0.15, 0.2) is 0 Å². The van der Waals surface area contributed by atoms with Gasteiger partial charge in [0.2, 0.25) is 11.8 Å². The van der Waals surface area contributed by atoms with Gasteiger partial charge in [-0.15, -0.1) is 0 Å². The van der Waals surface area contributed by atoms with E-state index in [0.29, 0.717) is 6.67 Å². The molecule has 6 nitrogen and oxygen atoms in total. The van der Waals surface area contributed by atoms with Crippen molar-refractivity contribution >= 4 is 11.8 Å². The summed E-state index contributed by atoms with van der Waals surface area (Å²) in [6.07, 6.45) is 3.94. The second-order valence-electron chi connectivity index (χ2n) is 4.06. The van der Waals surface area contributed by atoms with E-state index in [4.69, 9.17) is 0 Å². The number of carbonyl (C=O) groups is 2. The van der Waals surface area contributed by atoms with Gasteiger partial charge in [0.05, 0.1) is 6.67 Å². The average Bonchev–Trinajstić information content (AvgIpc) is 3.06. The Morgan fingerprint density at radius 1 is 0.867 bits per heavy atom. The largest absolute Gasteiger partial charge is 0.290 e. The van der Waals surface area contributed by atoms with Gasteiger partial charge in [0.25, 0.3) is 0 Å². The molecule has 0 bridgehead atoms. The van der Waals surface area contributed by atoms with Crippen LogP contribution in [0.25, 0.3) is 0 Å². The van der Waals surface area contributed by atoms with Crippen LogP contribution in [0.3, 0.4) is 0 Å². The van der Waals surface area contributed by atoms with E-state index in [1.54, 1.807) is 0 Å². The topological polar surface area (TPSA) is 82.3 Å². The third kappa shape index (κ3) is 3.49. The summed E-state index contributed by atoms with van der Waals surface area (Å²) in [7, 11) is 0. The lowest BCUT2D eigenvalue weighted by Crippen LogP contribution is -2.49. The fourth-order valence-corrected chi connectivity index (χ4v) is 1.20. The highest BCUT2D eigenvalue weighted by Crippen LogP contribution is 2.28. The van der Waals surface area contributed by atoms with Gasteiger partial charge in [-0.05, 0) is 25.7 Å². The highest BCUT2D eigenvalue weighted by atomic mass is 16.2. The molecule has 0 aromatic rings. The molecule has 2 aliphatic rings. The third-order valence-corrected chi connectivity index (χ3v) is 2.50. The van der Waals surface area contributed by atoms with Crippen LogP contribution >= 0.6 is 0 Å². The zero-order valence-corrected chi connectivity index (χ0v) is 8.51. The van der Waals surface area contributed by atoms with E-state index in [2.05, 4.69) is 21.7 Å². The number of rotatable bonds is 6. The van der Waals surface area contributed by atoms with E-state index in [1.807, 2.05) is 0 Å². The first-order valence-corrected chi connectivity index (χ1v) is 5.33. The van der Waals surface area contributed by atoms with Crippen molar-refractivity contribution in [1.82, 2.24) is 21.7 Å². The smallest absolute Gasteiger partial charge is 0.237 e. The summed E-state index contributed by atoms with van der Waals surface area (Å²) in [4.78, 5) is 22.3. The maximum atomic E-state index is 11.1. The molecule has 0 atom stereocenters. The first-order chi connectivity index (χ1) is 7.27. The summed E-state index contributed by atoms with van der Waals surface area (Å²) in [6, 6.07) is 0. The maximum absolute atomic E-state index is 11.1. The Kier molecular flexibility index (Phi) is 3.17. The number of carbonyl (C=O) groups excluding carboxylic acids is 2. The van der Waals surface area contributed by atoms with Crippen LogP contribution in [-0.4, -0.2) is 18.5 Å². The summed E-state index contributed by atoms with van der Waals surface area (Å²) < 4.78 is 0. The molecular weight excluding hydrogens is 196 g/mol. The summed E-state index contributed by atoms with van der Waals surface area (Å²) >= 11 is 0. The fraction of sp³-hybridized carbons (Fsp3) is 0.778. The van der Waals surface area contributed by atoms with Crippen molar-refractivity contribution in [3.63, 3.8) is 0 Å². The van der Waals surface area contributed by atoms with E-state index in [-0.39, 0.29) is 23.7 Å². The molecule has 0 spiro atoms. The zero-order chi connectivity index (χ0) is 10.7. The van der Waals surface area contributed by atoms with Crippen LogP contribution in [0.4, 0.5) is 0 Å². The maximum Gasteiger partial charge on any atom is 0.237 e. The zero-order valence-electron chi connectivity index (χ0n) is 8.51. The Morgan fingerprint density at radius 2 is 1.27 bits per heavy atom. The van der Waals surface area contributed by atoms with Crippen molar-refractivity contribution in [1.29, 1.82) is 0 Å². The molecule has 84 valence electrons. The van der Waals surface area contributed by atoms with Crippen LogP contribution in [0.1, 0.15) is 25.7 Å². The number of hydrogen-bond acceptors (Lipinski definition) is 4. The standard InChI is InChI=1S/C9H16N4O2/c14-8(6-1-2-6)12-10-5-11-13-9(15)7-3-4-7/h6-7,10-11H,1-5H2,(H,12,14)(H,13,15). The summed E-state index contributed by atoms with van der Waals surface area (Å²) in [5.74, 6) is 0.452. The minimum atomic E-state index is 0.0327.